The van der Waals surface area contributed by atoms with Crippen molar-refractivity contribution in [3.8, 4) is 0 Å². The zero-order chi connectivity index (χ0) is 11.7. The lowest BCUT2D eigenvalue weighted by atomic mass is 10.1. The molecular formula is C12H20O3. The van der Waals surface area contributed by atoms with Crippen molar-refractivity contribution in [2.45, 2.75) is 52.1 Å². The van der Waals surface area contributed by atoms with Crippen molar-refractivity contribution in [2.24, 2.45) is 0 Å². The number of esters is 1. The number of hydrogen-bond acceptors (Lipinski definition) is 3. The molecule has 0 saturated carbocycles. The summed E-state index contributed by atoms with van der Waals surface area (Å²) in [4.78, 5) is 21.7. The van der Waals surface area contributed by atoms with Crippen LogP contribution in [0.3, 0.4) is 0 Å². The molecule has 0 heterocycles. The van der Waals surface area contributed by atoms with Gasteiger partial charge in [0.2, 0.25) is 0 Å². The van der Waals surface area contributed by atoms with Crippen LogP contribution < -0.4 is 0 Å². The SMILES string of the molecule is C=C(C)C(=O)OC(C=O)CCCCCC. The minimum absolute atomic E-state index is 0.329. The molecule has 15 heavy (non-hydrogen) atoms. The fourth-order valence-corrected chi connectivity index (χ4v) is 1.17. The van der Waals surface area contributed by atoms with Crippen LogP contribution in [0.1, 0.15) is 46.0 Å². The average molecular weight is 212 g/mol. The lowest BCUT2D eigenvalue weighted by molar-refractivity contribution is -0.147. The number of carbonyl (C=O) groups excluding carboxylic acids is 2. The van der Waals surface area contributed by atoms with Gasteiger partial charge in [-0.1, -0.05) is 32.8 Å². The number of ether oxygens (including phenoxy) is 1. The number of carbonyl (C=O) groups is 2. The zero-order valence-corrected chi connectivity index (χ0v) is 9.62. The maximum Gasteiger partial charge on any atom is 0.333 e. The molecule has 0 aromatic heterocycles. The van der Waals surface area contributed by atoms with Crippen LogP contribution in [-0.4, -0.2) is 18.4 Å². The standard InChI is InChI=1S/C12H20O3/c1-4-5-6-7-8-11(9-13)15-12(14)10(2)3/h9,11H,2,4-8H2,1,3H3. The van der Waals surface area contributed by atoms with Gasteiger partial charge in [-0.2, -0.15) is 0 Å². The van der Waals surface area contributed by atoms with Gasteiger partial charge in [0.25, 0.3) is 0 Å². The van der Waals surface area contributed by atoms with Crippen molar-refractivity contribution in [1.82, 2.24) is 0 Å². The van der Waals surface area contributed by atoms with Crippen LogP contribution in [-0.2, 0) is 14.3 Å². The van der Waals surface area contributed by atoms with E-state index in [-0.39, 0.29) is 0 Å². The van der Waals surface area contributed by atoms with E-state index >= 15 is 0 Å². The summed E-state index contributed by atoms with van der Waals surface area (Å²) in [7, 11) is 0. The molecule has 0 fully saturated rings. The van der Waals surface area contributed by atoms with Crippen LogP contribution in [0.2, 0.25) is 0 Å². The van der Waals surface area contributed by atoms with Crippen LogP contribution in [0.15, 0.2) is 12.2 Å². The Bertz CT molecular complexity index is 221. The topological polar surface area (TPSA) is 43.4 Å². The largest absolute Gasteiger partial charge is 0.451 e. The molecule has 86 valence electrons. The van der Waals surface area contributed by atoms with Crippen molar-refractivity contribution in [3.63, 3.8) is 0 Å². The minimum Gasteiger partial charge on any atom is -0.451 e. The first-order valence-corrected chi connectivity index (χ1v) is 5.43. The maximum atomic E-state index is 11.1. The molecule has 0 N–H and O–H groups in total. The first-order chi connectivity index (χ1) is 7.11. The highest BCUT2D eigenvalue weighted by Gasteiger charge is 2.13. The molecule has 3 heteroatoms. The molecule has 0 rings (SSSR count). The quantitative estimate of drug-likeness (QED) is 0.269. The molecule has 0 aliphatic carbocycles. The third kappa shape index (κ3) is 6.89. The molecule has 0 aromatic rings. The van der Waals surface area contributed by atoms with E-state index in [0.29, 0.717) is 18.3 Å². The van der Waals surface area contributed by atoms with Crippen molar-refractivity contribution < 1.29 is 14.3 Å². The van der Waals surface area contributed by atoms with Gasteiger partial charge >= 0.3 is 5.97 Å². The highest BCUT2D eigenvalue weighted by atomic mass is 16.5. The van der Waals surface area contributed by atoms with Crippen molar-refractivity contribution in [2.75, 3.05) is 0 Å². The van der Waals surface area contributed by atoms with E-state index in [4.69, 9.17) is 4.74 Å². The van der Waals surface area contributed by atoms with E-state index in [1.807, 2.05) is 0 Å². The molecule has 0 aromatic carbocycles. The van der Waals surface area contributed by atoms with E-state index < -0.39 is 12.1 Å². The Labute approximate surface area is 91.5 Å². The summed E-state index contributed by atoms with van der Waals surface area (Å²) in [5.74, 6) is -0.484. The van der Waals surface area contributed by atoms with Crippen LogP contribution in [0.4, 0.5) is 0 Å². The first-order valence-electron chi connectivity index (χ1n) is 5.43. The third-order valence-electron chi connectivity index (χ3n) is 2.10. The highest BCUT2D eigenvalue weighted by Crippen LogP contribution is 2.08. The average Bonchev–Trinajstić information content (AvgIpc) is 2.22. The van der Waals surface area contributed by atoms with E-state index in [2.05, 4.69) is 13.5 Å². The molecule has 0 aliphatic heterocycles. The highest BCUT2D eigenvalue weighted by molar-refractivity contribution is 5.88. The second-order valence-electron chi connectivity index (χ2n) is 3.71. The predicted molar refractivity (Wildman–Crippen MR) is 59.5 cm³/mol. The normalized spacial score (nSPS) is 11.9. The summed E-state index contributed by atoms with van der Waals surface area (Å²) in [5, 5.41) is 0. The number of aldehydes is 1. The summed E-state index contributed by atoms with van der Waals surface area (Å²) in [6.07, 6.45) is 4.99. The predicted octanol–water partition coefficient (Wildman–Crippen LogP) is 2.64. The van der Waals surface area contributed by atoms with Gasteiger partial charge in [-0.3, -0.25) is 4.79 Å². The molecule has 0 bridgehead atoms. The molecule has 0 radical (unpaired) electrons. The van der Waals surface area contributed by atoms with Gasteiger partial charge in [-0.05, 0) is 19.8 Å². The Hall–Kier alpha value is -1.12. The minimum atomic E-state index is -0.606. The number of hydrogen-bond donors (Lipinski definition) is 0. The van der Waals surface area contributed by atoms with Gasteiger partial charge in [0.15, 0.2) is 12.4 Å². The molecule has 0 amide bonds. The summed E-state index contributed by atoms with van der Waals surface area (Å²) in [5.41, 5.74) is 0.329. The Balaban J connectivity index is 3.78. The van der Waals surface area contributed by atoms with Crippen molar-refractivity contribution in [1.29, 1.82) is 0 Å². The molecule has 3 nitrogen and oxygen atoms in total. The van der Waals surface area contributed by atoms with Crippen LogP contribution in [0, 0.1) is 0 Å². The molecule has 0 saturated heterocycles. The van der Waals surface area contributed by atoms with Crippen molar-refractivity contribution in [3.05, 3.63) is 12.2 Å². The van der Waals surface area contributed by atoms with Crippen LogP contribution >= 0.6 is 0 Å². The smallest absolute Gasteiger partial charge is 0.333 e. The molecule has 1 unspecified atom stereocenters. The monoisotopic (exact) mass is 212 g/mol. The lowest BCUT2D eigenvalue weighted by Gasteiger charge is -2.11. The second-order valence-corrected chi connectivity index (χ2v) is 3.71. The van der Waals surface area contributed by atoms with Crippen LogP contribution in [0.25, 0.3) is 0 Å². The van der Waals surface area contributed by atoms with Crippen molar-refractivity contribution >= 4 is 12.3 Å². The molecule has 0 aliphatic rings. The Kier molecular flexibility index (Phi) is 7.60. The summed E-state index contributed by atoms with van der Waals surface area (Å²) in [6, 6.07) is 0. The molecule has 0 spiro atoms. The lowest BCUT2D eigenvalue weighted by Crippen LogP contribution is -2.19. The van der Waals surface area contributed by atoms with Gasteiger partial charge in [0.05, 0.1) is 0 Å². The Morgan fingerprint density at radius 1 is 1.40 bits per heavy atom. The maximum absolute atomic E-state index is 11.1. The van der Waals surface area contributed by atoms with Gasteiger partial charge in [0.1, 0.15) is 0 Å². The van der Waals surface area contributed by atoms with Gasteiger partial charge in [0, 0.05) is 5.57 Å². The zero-order valence-electron chi connectivity index (χ0n) is 9.62. The van der Waals surface area contributed by atoms with Gasteiger partial charge < -0.3 is 4.74 Å². The summed E-state index contributed by atoms with van der Waals surface area (Å²) in [6.45, 7) is 7.16. The Morgan fingerprint density at radius 2 is 2.07 bits per heavy atom. The first kappa shape index (κ1) is 13.9. The fraction of sp³-hybridized carbons (Fsp3) is 0.667. The van der Waals surface area contributed by atoms with Gasteiger partial charge in [-0.25, -0.2) is 4.79 Å². The molecule has 1 atom stereocenters. The summed E-state index contributed by atoms with van der Waals surface area (Å²) >= 11 is 0. The second kappa shape index (κ2) is 8.21. The summed E-state index contributed by atoms with van der Waals surface area (Å²) < 4.78 is 4.93. The molecular weight excluding hydrogens is 192 g/mol. The van der Waals surface area contributed by atoms with E-state index in [1.54, 1.807) is 6.92 Å². The van der Waals surface area contributed by atoms with Gasteiger partial charge in [-0.15, -0.1) is 0 Å². The van der Waals surface area contributed by atoms with E-state index in [1.165, 1.54) is 0 Å². The van der Waals surface area contributed by atoms with E-state index in [9.17, 15) is 9.59 Å². The van der Waals surface area contributed by atoms with Crippen LogP contribution in [0.5, 0.6) is 0 Å². The fourth-order valence-electron chi connectivity index (χ4n) is 1.17. The van der Waals surface area contributed by atoms with E-state index in [0.717, 1.165) is 25.7 Å². The number of unbranched alkanes of at least 4 members (excludes halogenated alkanes) is 3. The number of rotatable bonds is 8. The third-order valence-corrected chi connectivity index (χ3v) is 2.10. The Morgan fingerprint density at radius 3 is 2.53 bits per heavy atom.